The molecule has 3 unspecified atom stereocenters. The fourth-order valence-corrected chi connectivity index (χ4v) is 5.06. The van der Waals surface area contributed by atoms with Crippen LogP contribution < -0.4 is 0 Å². The minimum atomic E-state index is 0.235. The molecule has 0 spiro atoms. The van der Waals surface area contributed by atoms with E-state index in [4.69, 9.17) is 0 Å². The molecule has 0 aliphatic heterocycles. The standard InChI is InChI=1S/C28H44.C2H6B/c1-9-24-15-20-28(24,8)18-11-10-16-26(4,5)19-14-22(2)21-25-23(3)13-12-17-27(25,6)7;1-3-2/h10,16,24-25H,2-3,9,11-14,17-19,21H2,1,4-8H3;1-2H3/b16-10+;. The summed E-state index contributed by atoms with van der Waals surface area (Å²) >= 11 is 0. The first-order valence-corrected chi connectivity index (χ1v) is 12.7. The monoisotopic (exact) mass is 421 g/mol. The summed E-state index contributed by atoms with van der Waals surface area (Å²) < 4.78 is 0. The molecule has 3 atom stereocenters. The molecule has 1 saturated carbocycles. The molecule has 0 saturated heterocycles. The van der Waals surface area contributed by atoms with Crippen LogP contribution in [-0.4, -0.2) is 7.28 Å². The van der Waals surface area contributed by atoms with E-state index in [2.05, 4.69) is 78.7 Å². The molecule has 2 aliphatic rings. The third-order valence-electron chi connectivity index (χ3n) is 7.48. The number of allylic oxidation sites excluding steroid dienone is 4. The van der Waals surface area contributed by atoms with Crippen LogP contribution in [0.1, 0.15) is 99.3 Å². The first-order valence-electron chi connectivity index (χ1n) is 12.7. The van der Waals surface area contributed by atoms with Crippen LogP contribution in [0, 0.1) is 39.9 Å². The van der Waals surface area contributed by atoms with Crippen LogP contribution in [0.25, 0.3) is 0 Å². The quantitative estimate of drug-likeness (QED) is 0.187. The molecule has 0 heterocycles. The van der Waals surface area contributed by atoms with Crippen molar-refractivity contribution < 1.29 is 0 Å². The Kier molecular flexibility index (Phi) is 11.0. The van der Waals surface area contributed by atoms with Gasteiger partial charge in [0, 0.05) is 11.3 Å². The Hall–Kier alpha value is -1.16. The minimum Gasteiger partial charge on any atom is -0.0998 e. The molecule has 0 N–H and O–H groups in total. The van der Waals surface area contributed by atoms with E-state index in [0.29, 0.717) is 17.3 Å². The van der Waals surface area contributed by atoms with Crippen molar-refractivity contribution in [1.29, 1.82) is 0 Å². The van der Waals surface area contributed by atoms with E-state index in [1.807, 2.05) is 20.9 Å². The van der Waals surface area contributed by atoms with Crippen LogP contribution in [0.2, 0.25) is 13.6 Å². The van der Waals surface area contributed by atoms with Crippen LogP contribution in [0.5, 0.6) is 0 Å². The smallest absolute Gasteiger partial charge is 0.0998 e. The van der Waals surface area contributed by atoms with Gasteiger partial charge in [-0.15, -0.1) is 0 Å². The largest absolute Gasteiger partial charge is 0.102 e. The van der Waals surface area contributed by atoms with Gasteiger partial charge in [-0.2, -0.15) is 0 Å². The van der Waals surface area contributed by atoms with Gasteiger partial charge in [0.15, 0.2) is 0 Å². The van der Waals surface area contributed by atoms with Gasteiger partial charge in [-0.25, -0.2) is 0 Å². The Labute approximate surface area is 196 Å². The lowest BCUT2D eigenvalue weighted by Crippen LogP contribution is -2.30. The van der Waals surface area contributed by atoms with Crippen molar-refractivity contribution in [3.63, 3.8) is 0 Å². The summed E-state index contributed by atoms with van der Waals surface area (Å²) in [5.41, 5.74) is 3.73. The van der Waals surface area contributed by atoms with Gasteiger partial charge in [-0.1, -0.05) is 96.6 Å². The van der Waals surface area contributed by atoms with Crippen molar-refractivity contribution in [1.82, 2.24) is 0 Å². The first kappa shape index (κ1) is 27.9. The highest BCUT2D eigenvalue weighted by molar-refractivity contribution is 6.31. The zero-order valence-electron chi connectivity index (χ0n) is 22.2. The Morgan fingerprint density at radius 3 is 2.42 bits per heavy atom. The van der Waals surface area contributed by atoms with E-state index in [0.717, 1.165) is 19.3 Å². The predicted octanol–water partition coefficient (Wildman–Crippen LogP) is 9.29. The average molecular weight is 422 g/mol. The van der Waals surface area contributed by atoms with E-state index in [1.54, 1.807) is 0 Å². The van der Waals surface area contributed by atoms with Crippen molar-refractivity contribution in [3.8, 4) is 11.8 Å². The fourth-order valence-electron chi connectivity index (χ4n) is 5.06. The van der Waals surface area contributed by atoms with Crippen LogP contribution in [-0.2, 0) is 0 Å². The molecule has 1 heteroatoms. The molecule has 0 bridgehead atoms. The molecule has 1 radical (unpaired) electrons. The fraction of sp³-hybridized carbons (Fsp3) is 0.733. The van der Waals surface area contributed by atoms with Crippen LogP contribution >= 0.6 is 0 Å². The highest BCUT2D eigenvalue weighted by Gasteiger charge is 2.35. The highest BCUT2D eigenvalue weighted by atomic mass is 14.4. The molecule has 1 fully saturated rings. The summed E-state index contributed by atoms with van der Waals surface area (Å²) in [5, 5.41) is 0. The third-order valence-corrected chi connectivity index (χ3v) is 7.48. The zero-order chi connectivity index (χ0) is 23.7. The van der Waals surface area contributed by atoms with Crippen molar-refractivity contribution in [3.05, 3.63) is 36.5 Å². The van der Waals surface area contributed by atoms with E-state index in [1.165, 1.54) is 49.7 Å². The summed E-state index contributed by atoms with van der Waals surface area (Å²) in [7, 11) is 2.00. The van der Waals surface area contributed by atoms with Crippen LogP contribution in [0.15, 0.2) is 36.5 Å². The molecule has 0 amide bonds. The summed E-state index contributed by atoms with van der Waals surface area (Å²) in [6.07, 6.45) is 15.6. The maximum Gasteiger partial charge on any atom is 0.102 e. The van der Waals surface area contributed by atoms with Gasteiger partial charge < -0.3 is 0 Å². The molecular weight excluding hydrogens is 371 g/mol. The van der Waals surface area contributed by atoms with E-state index in [-0.39, 0.29) is 10.8 Å². The molecule has 173 valence electrons. The van der Waals surface area contributed by atoms with Gasteiger partial charge in [0.05, 0.1) is 0 Å². The maximum absolute atomic E-state index is 4.44. The van der Waals surface area contributed by atoms with Gasteiger partial charge in [0.1, 0.15) is 7.28 Å². The van der Waals surface area contributed by atoms with Gasteiger partial charge in [-0.05, 0) is 81.5 Å². The van der Waals surface area contributed by atoms with E-state index in [9.17, 15) is 0 Å². The molecule has 0 aromatic carbocycles. The summed E-state index contributed by atoms with van der Waals surface area (Å²) in [4.78, 5) is 0. The van der Waals surface area contributed by atoms with E-state index < -0.39 is 0 Å². The van der Waals surface area contributed by atoms with Crippen LogP contribution in [0.4, 0.5) is 0 Å². The van der Waals surface area contributed by atoms with Gasteiger partial charge >= 0.3 is 0 Å². The SMILES string of the molecule is C=C(CCC(C)(C)/C=C/CCC1(C)C#CC1CC)CC1C(=C)CCCC1(C)C.C[B]C. The minimum absolute atomic E-state index is 0.235. The Morgan fingerprint density at radius 1 is 1.26 bits per heavy atom. The van der Waals surface area contributed by atoms with Crippen molar-refractivity contribution >= 4 is 7.28 Å². The second-order valence-electron chi connectivity index (χ2n) is 11.7. The topological polar surface area (TPSA) is 0 Å². The van der Waals surface area contributed by atoms with Crippen molar-refractivity contribution in [2.75, 3.05) is 0 Å². The van der Waals surface area contributed by atoms with E-state index >= 15 is 0 Å². The average Bonchev–Trinajstić information content (AvgIpc) is 2.66. The lowest BCUT2D eigenvalue weighted by Gasteiger charge is -2.41. The number of hydrogen-bond acceptors (Lipinski definition) is 0. The zero-order valence-corrected chi connectivity index (χ0v) is 22.2. The number of hydrogen-bond donors (Lipinski definition) is 0. The second kappa shape index (κ2) is 12.2. The lowest BCUT2D eigenvalue weighted by molar-refractivity contribution is 0.187. The van der Waals surface area contributed by atoms with Crippen molar-refractivity contribution in [2.45, 2.75) is 113 Å². The normalized spacial score (nSPS) is 26.9. The van der Waals surface area contributed by atoms with Crippen molar-refractivity contribution in [2.24, 2.45) is 28.1 Å². The summed E-state index contributed by atoms with van der Waals surface area (Å²) in [5.74, 6) is 7.96. The Morgan fingerprint density at radius 2 is 1.90 bits per heavy atom. The maximum atomic E-state index is 4.44. The highest BCUT2D eigenvalue weighted by Crippen LogP contribution is 2.46. The predicted molar refractivity (Wildman–Crippen MR) is 143 cm³/mol. The van der Waals surface area contributed by atoms with Gasteiger partial charge in [0.2, 0.25) is 0 Å². The Bertz CT molecular complexity index is 681. The molecular formula is C30H50B. The molecule has 0 aromatic heterocycles. The van der Waals surface area contributed by atoms with Gasteiger partial charge in [0.25, 0.3) is 0 Å². The van der Waals surface area contributed by atoms with Crippen LogP contribution in [0.3, 0.4) is 0 Å². The molecule has 2 rings (SSSR count). The summed E-state index contributed by atoms with van der Waals surface area (Å²) in [6.45, 7) is 27.0. The lowest BCUT2D eigenvalue weighted by atomic mass is 9.64. The van der Waals surface area contributed by atoms with Gasteiger partial charge in [-0.3, -0.25) is 0 Å². The molecule has 2 aliphatic carbocycles. The molecule has 31 heavy (non-hydrogen) atoms. The number of rotatable bonds is 10. The first-order chi connectivity index (χ1) is 14.4. The molecule has 0 aromatic rings. The third kappa shape index (κ3) is 8.71. The summed E-state index contributed by atoms with van der Waals surface area (Å²) in [6, 6.07) is 0. The Balaban J connectivity index is 0.00000151. The molecule has 0 nitrogen and oxygen atoms in total. The second-order valence-corrected chi connectivity index (χ2v) is 11.7.